The molecule has 2 atom stereocenters. The summed E-state index contributed by atoms with van der Waals surface area (Å²) in [5, 5.41) is 10.7. The van der Waals surface area contributed by atoms with Gasteiger partial charge in [-0.2, -0.15) is 5.10 Å². The Morgan fingerprint density at radius 2 is 1.89 bits per heavy atom. The SMILES string of the molecule is CCC[C@H]1Oc2c(Cl)cc(Cl)cc2[C@H]2CC(c3ccc4ccccc4c3)=NN21. The first kappa shape index (κ1) is 17.8. The molecule has 0 amide bonds. The zero-order chi connectivity index (χ0) is 19.3. The number of fused-ring (bicyclic) bond motifs is 4. The van der Waals surface area contributed by atoms with Gasteiger partial charge in [-0.25, -0.2) is 0 Å². The van der Waals surface area contributed by atoms with Crippen molar-refractivity contribution in [3.8, 4) is 5.75 Å². The highest BCUT2D eigenvalue weighted by molar-refractivity contribution is 6.35. The van der Waals surface area contributed by atoms with Gasteiger partial charge < -0.3 is 4.74 Å². The molecule has 0 saturated heterocycles. The Hall–Kier alpha value is -2.23. The lowest BCUT2D eigenvalue weighted by Gasteiger charge is -2.38. The Balaban J connectivity index is 1.57. The van der Waals surface area contributed by atoms with Crippen LogP contribution in [0.25, 0.3) is 10.8 Å². The number of ether oxygens (including phenoxy) is 1. The topological polar surface area (TPSA) is 24.8 Å². The molecule has 0 radical (unpaired) electrons. The summed E-state index contributed by atoms with van der Waals surface area (Å²) >= 11 is 12.7. The largest absolute Gasteiger partial charge is 0.467 e. The van der Waals surface area contributed by atoms with Gasteiger partial charge >= 0.3 is 0 Å². The van der Waals surface area contributed by atoms with Crippen molar-refractivity contribution < 1.29 is 4.74 Å². The fourth-order valence-electron chi connectivity index (χ4n) is 4.17. The van der Waals surface area contributed by atoms with Gasteiger partial charge in [0, 0.05) is 23.4 Å². The zero-order valence-electron chi connectivity index (χ0n) is 15.5. The molecule has 0 aromatic heterocycles. The van der Waals surface area contributed by atoms with E-state index >= 15 is 0 Å². The van der Waals surface area contributed by atoms with E-state index in [0.29, 0.717) is 10.0 Å². The predicted molar refractivity (Wildman–Crippen MR) is 115 cm³/mol. The van der Waals surface area contributed by atoms with Crippen molar-refractivity contribution in [2.24, 2.45) is 5.10 Å². The minimum atomic E-state index is -0.112. The molecule has 3 aromatic rings. The molecule has 0 bridgehead atoms. The first-order chi connectivity index (χ1) is 13.6. The number of hydrogen-bond donors (Lipinski definition) is 0. The minimum Gasteiger partial charge on any atom is -0.467 e. The minimum absolute atomic E-state index is 0.0953. The number of hydrazone groups is 1. The molecule has 2 aliphatic rings. The highest BCUT2D eigenvalue weighted by atomic mass is 35.5. The fourth-order valence-corrected chi connectivity index (χ4v) is 4.72. The molecular formula is C23H20Cl2N2O. The lowest BCUT2D eigenvalue weighted by molar-refractivity contribution is -0.0222. The number of halogens is 2. The van der Waals surface area contributed by atoms with Crippen LogP contribution in [0.1, 0.15) is 43.4 Å². The predicted octanol–water partition coefficient (Wildman–Crippen LogP) is 6.82. The quantitative estimate of drug-likeness (QED) is 0.473. The molecule has 3 nitrogen and oxygen atoms in total. The van der Waals surface area contributed by atoms with Crippen LogP contribution < -0.4 is 4.74 Å². The van der Waals surface area contributed by atoms with Crippen LogP contribution in [0.4, 0.5) is 0 Å². The summed E-state index contributed by atoms with van der Waals surface area (Å²) in [7, 11) is 0. The number of nitrogens with zero attached hydrogens (tertiary/aromatic N) is 2. The van der Waals surface area contributed by atoms with Gasteiger partial charge in [-0.15, -0.1) is 0 Å². The maximum absolute atomic E-state index is 6.46. The molecule has 0 fully saturated rings. The van der Waals surface area contributed by atoms with E-state index in [9.17, 15) is 0 Å². The van der Waals surface area contributed by atoms with E-state index in [2.05, 4.69) is 54.4 Å². The normalized spacial score (nSPS) is 20.5. The number of benzene rings is 3. The Morgan fingerprint density at radius 1 is 1.07 bits per heavy atom. The molecule has 3 aromatic carbocycles. The van der Waals surface area contributed by atoms with Crippen LogP contribution >= 0.6 is 23.2 Å². The van der Waals surface area contributed by atoms with Gasteiger partial charge in [0.2, 0.25) is 0 Å². The first-order valence-corrected chi connectivity index (χ1v) is 10.4. The Morgan fingerprint density at radius 3 is 2.71 bits per heavy atom. The van der Waals surface area contributed by atoms with Crippen molar-refractivity contribution in [2.75, 3.05) is 0 Å². The summed E-state index contributed by atoms with van der Waals surface area (Å²) in [6.07, 6.45) is 2.60. The molecule has 0 spiro atoms. The van der Waals surface area contributed by atoms with Crippen LogP contribution in [0.5, 0.6) is 5.75 Å². The average Bonchev–Trinajstić information content (AvgIpc) is 3.15. The van der Waals surface area contributed by atoms with Gasteiger partial charge in [0.05, 0.1) is 16.8 Å². The van der Waals surface area contributed by atoms with Crippen LogP contribution in [0.2, 0.25) is 10.0 Å². The maximum Gasteiger partial charge on any atom is 0.187 e. The molecule has 0 saturated carbocycles. The average molecular weight is 411 g/mol. The van der Waals surface area contributed by atoms with Gasteiger partial charge in [-0.3, -0.25) is 5.01 Å². The third-order valence-electron chi connectivity index (χ3n) is 5.51. The van der Waals surface area contributed by atoms with E-state index in [1.165, 1.54) is 10.8 Å². The van der Waals surface area contributed by atoms with Gasteiger partial charge in [0.1, 0.15) is 5.75 Å². The highest BCUT2D eigenvalue weighted by Crippen LogP contribution is 2.47. The van der Waals surface area contributed by atoms with E-state index in [0.717, 1.165) is 41.9 Å². The van der Waals surface area contributed by atoms with Crippen molar-refractivity contribution in [2.45, 2.75) is 38.5 Å². The summed E-state index contributed by atoms with van der Waals surface area (Å²) in [5.74, 6) is 0.751. The summed E-state index contributed by atoms with van der Waals surface area (Å²) in [6, 6.07) is 18.7. The first-order valence-electron chi connectivity index (χ1n) is 9.64. The zero-order valence-corrected chi connectivity index (χ0v) is 17.0. The summed E-state index contributed by atoms with van der Waals surface area (Å²) in [5.41, 5.74) is 3.24. The fraction of sp³-hybridized carbons (Fsp3) is 0.261. The third-order valence-corrected chi connectivity index (χ3v) is 6.00. The Bertz CT molecular complexity index is 1100. The molecule has 0 N–H and O–H groups in total. The van der Waals surface area contributed by atoms with E-state index in [4.69, 9.17) is 33.0 Å². The molecule has 5 heteroatoms. The van der Waals surface area contributed by atoms with Crippen molar-refractivity contribution in [1.82, 2.24) is 5.01 Å². The van der Waals surface area contributed by atoms with Crippen molar-refractivity contribution >= 4 is 39.7 Å². The summed E-state index contributed by atoms with van der Waals surface area (Å²) in [4.78, 5) is 0. The molecule has 0 unspecified atom stereocenters. The summed E-state index contributed by atoms with van der Waals surface area (Å²) < 4.78 is 6.25. The summed E-state index contributed by atoms with van der Waals surface area (Å²) in [6.45, 7) is 2.15. The van der Waals surface area contributed by atoms with Crippen molar-refractivity contribution in [3.05, 3.63) is 75.8 Å². The number of hydrogen-bond acceptors (Lipinski definition) is 3. The van der Waals surface area contributed by atoms with Gasteiger partial charge in [0.25, 0.3) is 0 Å². The Labute approximate surface area is 174 Å². The van der Waals surface area contributed by atoms with Crippen molar-refractivity contribution in [3.63, 3.8) is 0 Å². The van der Waals surface area contributed by atoms with E-state index in [-0.39, 0.29) is 12.3 Å². The van der Waals surface area contributed by atoms with Crippen LogP contribution in [0.3, 0.4) is 0 Å². The van der Waals surface area contributed by atoms with E-state index < -0.39 is 0 Å². The highest BCUT2D eigenvalue weighted by Gasteiger charge is 2.40. The van der Waals surface area contributed by atoms with Crippen LogP contribution in [-0.4, -0.2) is 16.9 Å². The van der Waals surface area contributed by atoms with Crippen LogP contribution in [0, 0.1) is 0 Å². The standard InChI is InChI=1S/C23H20Cl2N2O/c1-2-5-22-27-21(18-11-17(24)12-19(25)23(18)28-22)13-20(26-27)16-9-8-14-6-3-4-7-15(14)10-16/h3-4,6-12,21-22H,2,5,13H2,1H3/t21-,22-/m1/s1. The second-order valence-corrected chi connectivity index (χ2v) is 8.22. The monoisotopic (exact) mass is 410 g/mol. The molecule has 28 heavy (non-hydrogen) atoms. The second-order valence-electron chi connectivity index (χ2n) is 7.38. The molecule has 5 rings (SSSR count). The van der Waals surface area contributed by atoms with Gasteiger partial charge in [-0.05, 0) is 34.5 Å². The third kappa shape index (κ3) is 2.94. The second kappa shape index (κ2) is 6.98. The Kier molecular flexibility index (Phi) is 4.45. The van der Waals surface area contributed by atoms with Gasteiger partial charge in [-0.1, -0.05) is 72.9 Å². The lowest BCUT2D eigenvalue weighted by Crippen LogP contribution is -2.40. The molecular weight excluding hydrogens is 391 g/mol. The van der Waals surface area contributed by atoms with Crippen LogP contribution in [0.15, 0.2) is 59.7 Å². The lowest BCUT2D eigenvalue weighted by atomic mass is 9.95. The van der Waals surface area contributed by atoms with Crippen LogP contribution in [-0.2, 0) is 0 Å². The van der Waals surface area contributed by atoms with E-state index in [1.807, 2.05) is 6.07 Å². The van der Waals surface area contributed by atoms with Gasteiger partial charge in [0.15, 0.2) is 6.23 Å². The molecule has 0 aliphatic carbocycles. The smallest absolute Gasteiger partial charge is 0.187 e. The molecule has 2 heterocycles. The van der Waals surface area contributed by atoms with Crippen molar-refractivity contribution in [1.29, 1.82) is 0 Å². The number of rotatable bonds is 3. The molecule has 2 aliphatic heterocycles. The maximum atomic E-state index is 6.46. The van der Waals surface area contributed by atoms with E-state index in [1.54, 1.807) is 6.07 Å². The molecule has 142 valence electrons.